The van der Waals surface area contributed by atoms with Crippen LogP contribution in [0.2, 0.25) is 0 Å². The number of hydrogen-bond acceptors (Lipinski definition) is 4. The van der Waals surface area contributed by atoms with Gasteiger partial charge < -0.3 is 15.5 Å². The summed E-state index contributed by atoms with van der Waals surface area (Å²) in [6, 6.07) is 8.14. The van der Waals surface area contributed by atoms with Crippen LogP contribution in [0, 0.1) is 0 Å². The number of halogens is 1. The van der Waals surface area contributed by atoms with Gasteiger partial charge in [-0.15, -0.1) is 0 Å². The van der Waals surface area contributed by atoms with E-state index in [1.54, 1.807) is 0 Å². The minimum absolute atomic E-state index is 0.372. The maximum atomic E-state index is 14.3. The lowest BCUT2D eigenvalue weighted by atomic mass is 10.1. The summed E-state index contributed by atoms with van der Waals surface area (Å²) in [7, 11) is 1.91. The fraction of sp³-hybridized carbons (Fsp3) is 0.222. The van der Waals surface area contributed by atoms with E-state index < -0.39 is 11.7 Å². The molecule has 0 saturated heterocycles. The molecule has 1 aromatic rings. The Hall–Kier alpha value is -2.73. The molecule has 2 N–H and O–H groups in total. The van der Waals surface area contributed by atoms with Crippen LogP contribution in [0.4, 0.5) is 4.39 Å². The Bertz CT molecular complexity index is 833. The summed E-state index contributed by atoms with van der Waals surface area (Å²) in [5.74, 6) is -0.189. The third-order valence-corrected chi connectivity index (χ3v) is 4.35. The van der Waals surface area contributed by atoms with E-state index in [1.165, 1.54) is 11.8 Å². The number of nitrogens with one attached hydrogen (secondary N) is 2. The molecular formula is C18H17FN4O. The van der Waals surface area contributed by atoms with E-state index in [2.05, 4.69) is 15.6 Å². The van der Waals surface area contributed by atoms with Gasteiger partial charge in [0.25, 0.3) is 5.91 Å². The van der Waals surface area contributed by atoms with Gasteiger partial charge in [0.05, 0.1) is 11.3 Å². The van der Waals surface area contributed by atoms with Gasteiger partial charge in [0, 0.05) is 43.0 Å². The second kappa shape index (κ2) is 5.72. The highest BCUT2D eigenvalue weighted by Crippen LogP contribution is 2.37. The average Bonchev–Trinajstić information content (AvgIpc) is 2.93. The molecule has 0 fully saturated rings. The van der Waals surface area contributed by atoms with Gasteiger partial charge in [0.2, 0.25) is 0 Å². The Morgan fingerprint density at radius 3 is 2.88 bits per heavy atom. The summed E-state index contributed by atoms with van der Waals surface area (Å²) in [5.41, 5.74) is 4.01. The summed E-state index contributed by atoms with van der Waals surface area (Å²) in [4.78, 5) is 18.2. The quantitative estimate of drug-likeness (QED) is 0.893. The van der Waals surface area contributed by atoms with Crippen molar-refractivity contribution in [1.29, 1.82) is 0 Å². The standard InChI is InChI=1S/C18H17FN4O/c1-20-9-11-2-4-12(5-3-11)18-21-10-13-14(19)8-16(24)22-15-6-7-23(18)17(13)15/h2-5,8,10,20H,6-7,9H2,1H3,(H,22,24). The predicted molar refractivity (Wildman–Crippen MR) is 89.5 cm³/mol. The molecule has 4 rings (SSSR count). The molecule has 24 heavy (non-hydrogen) atoms. The summed E-state index contributed by atoms with van der Waals surface area (Å²) < 4.78 is 14.3. The SMILES string of the molecule is CNCc1ccc(C2=NC=C3C(F)=CC(=O)NC4=C3N2CC4)cc1. The van der Waals surface area contributed by atoms with Gasteiger partial charge in [-0.05, 0) is 12.6 Å². The van der Waals surface area contributed by atoms with Gasteiger partial charge in [-0.25, -0.2) is 9.38 Å². The Kier molecular flexibility index (Phi) is 3.54. The predicted octanol–water partition coefficient (Wildman–Crippen LogP) is 1.95. The van der Waals surface area contributed by atoms with E-state index in [9.17, 15) is 9.18 Å². The fourth-order valence-corrected chi connectivity index (χ4v) is 3.27. The number of allylic oxidation sites excluding steroid dienone is 1. The maximum absolute atomic E-state index is 14.3. The first-order valence-electron chi connectivity index (χ1n) is 7.89. The van der Waals surface area contributed by atoms with Crippen LogP contribution >= 0.6 is 0 Å². The van der Waals surface area contributed by atoms with E-state index in [1.807, 2.05) is 36.2 Å². The molecule has 3 aliphatic rings. The number of benzene rings is 1. The molecule has 3 aliphatic heterocycles. The first-order valence-corrected chi connectivity index (χ1v) is 7.89. The zero-order chi connectivity index (χ0) is 16.7. The molecule has 0 atom stereocenters. The van der Waals surface area contributed by atoms with E-state index >= 15 is 0 Å². The Morgan fingerprint density at radius 1 is 1.33 bits per heavy atom. The van der Waals surface area contributed by atoms with Crippen LogP contribution in [0.3, 0.4) is 0 Å². The zero-order valence-electron chi connectivity index (χ0n) is 13.3. The number of aliphatic imine (C=N–C) groups is 1. The molecule has 0 saturated carbocycles. The van der Waals surface area contributed by atoms with E-state index in [4.69, 9.17) is 0 Å². The zero-order valence-corrected chi connectivity index (χ0v) is 13.3. The summed E-state index contributed by atoms with van der Waals surface area (Å²) in [6.45, 7) is 1.48. The molecule has 0 bridgehead atoms. The third-order valence-electron chi connectivity index (χ3n) is 4.35. The van der Waals surface area contributed by atoms with Crippen molar-refractivity contribution >= 4 is 11.7 Å². The van der Waals surface area contributed by atoms with Gasteiger partial charge in [-0.3, -0.25) is 4.79 Å². The molecule has 0 aromatic heterocycles. The fourth-order valence-electron chi connectivity index (χ4n) is 3.27. The van der Waals surface area contributed by atoms with Crippen molar-refractivity contribution in [1.82, 2.24) is 15.5 Å². The second-order valence-electron chi connectivity index (χ2n) is 5.93. The smallest absolute Gasteiger partial charge is 0.251 e. The van der Waals surface area contributed by atoms with E-state index in [0.29, 0.717) is 18.5 Å². The molecule has 122 valence electrons. The topological polar surface area (TPSA) is 56.7 Å². The highest BCUT2D eigenvalue weighted by atomic mass is 19.1. The van der Waals surface area contributed by atoms with Crippen molar-refractivity contribution in [2.75, 3.05) is 13.6 Å². The Balaban J connectivity index is 1.75. The Morgan fingerprint density at radius 2 is 2.12 bits per heavy atom. The lowest BCUT2D eigenvalue weighted by molar-refractivity contribution is -0.115. The van der Waals surface area contributed by atoms with Crippen molar-refractivity contribution in [3.05, 3.63) is 70.5 Å². The van der Waals surface area contributed by atoms with Crippen LogP contribution in [0.5, 0.6) is 0 Å². The summed E-state index contributed by atoms with van der Waals surface area (Å²) in [6.07, 6.45) is 3.16. The number of carbonyl (C=O) groups excluding carboxylic acids is 1. The number of amidine groups is 1. The lowest BCUT2D eigenvalue weighted by Crippen LogP contribution is -2.31. The van der Waals surface area contributed by atoms with Crippen LogP contribution in [0.25, 0.3) is 0 Å². The van der Waals surface area contributed by atoms with Crippen molar-refractivity contribution in [3.8, 4) is 0 Å². The molecule has 1 aromatic carbocycles. The minimum atomic E-state index is -0.545. The first kappa shape index (κ1) is 14.8. The van der Waals surface area contributed by atoms with Gasteiger partial charge in [-0.2, -0.15) is 0 Å². The van der Waals surface area contributed by atoms with Crippen LogP contribution in [-0.4, -0.2) is 30.2 Å². The lowest BCUT2D eigenvalue weighted by Gasteiger charge is -2.28. The molecule has 5 nitrogen and oxygen atoms in total. The minimum Gasteiger partial charge on any atom is -0.324 e. The van der Waals surface area contributed by atoms with Gasteiger partial charge >= 0.3 is 0 Å². The van der Waals surface area contributed by atoms with Gasteiger partial charge in [0.15, 0.2) is 0 Å². The van der Waals surface area contributed by atoms with E-state index in [0.717, 1.165) is 35.4 Å². The van der Waals surface area contributed by atoms with Crippen molar-refractivity contribution in [2.24, 2.45) is 4.99 Å². The first-order chi connectivity index (χ1) is 11.7. The molecular weight excluding hydrogens is 307 g/mol. The normalized spacial score (nSPS) is 19.3. The highest BCUT2D eigenvalue weighted by Gasteiger charge is 2.35. The molecule has 0 unspecified atom stereocenters. The molecule has 1 amide bonds. The highest BCUT2D eigenvalue weighted by molar-refractivity contribution is 6.03. The molecule has 6 heteroatoms. The summed E-state index contributed by atoms with van der Waals surface area (Å²) >= 11 is 0. The molecule has 0 aliphatic carbocycles. The Labute approximate surface area is 139 Å². The second-order valence-corrected chi connectivity index (χ2v) is 5.93. The van der Waals surface area contributed by atoms with Crippen LogP contribution < -0.4 is 10.6 Å². The maximum Gasteiger partial charge on any atom is 0.251 e. The average molecular weight is 324 g/mol. The number of carbonyl (C=O) groups is 1. The number of rotatable bonds is 3. The van der Waals surface area contributed by atoms with Gasteiger partial charge in [-0.1, -0.05) is 24.3 Å². The summed E-state index contributed by atoms with van der Waals surface area (Å²) in [5, 5.41) is 5.89. The largest absolute Gasteiger partial charge is 0.324 e. The number of hydrogen-bond donors (Lipinski definition) is 2. The third kappa shape index (κ3) is 2.35. The van der Waals surface area contributed by atoms with Crippen molar-refractivity contribution < 1.29 is 9.18 Å². The molecule has 0 radical (unpaired) electrons. The van der Waals surface area contributed by atoms with Crippen molar-refractivity contribution in [2.45, 2.75) is 13.0 Å². The number of amides is 1. The van der Waals surface area contributed by atoms with Crippen molar-refractivity contribution in [3.63, 3.8) is 0 Å². The van der Waals surface area contributed by atoms with Gasteiger partial charge in [0.1, 0.15) is 11.7 Å². The number of nitrogens with zero attached hydrogens (tertiary/aromatic N) is 2. The molecule has 3 heterocycles. The monoisotopic (exact) mass is 324 g/mol. The van der Waals surface area contributed by atoms with Crippen LogP contribution in [0.15, 0.2) is 64.3 Å². The van der Waals surface area contributed by atoms with Crippen LogP contribution in [0.1, 0.15) is 17.5 Å². The molecule has 0 spiro atoms. The van der Waals surface area contributed by atoms with E-state index in [-0.39, 0.29) is 0 Å². The van der Waals surface area contributed by atoms with Crippen LogP contribution in [-0.2, 0) is 11.3 Å².